The van der Waals surface area contributed by atoms with E-state index in [4.69, 9.17) is 4.98 Å². The van der Waals surface area contributed by atoms with Crippen LogP contribution in [-0.4, -0.2) is 9.55 Å². The van der Waals surface area contributed by atoms with Gasteiger partial charge >= 0.3 is 0 Å². The average Bonchev–Trinajstić information content (AvgIpc) is 3.00. The molecule has 0 saturated carbocycles. The van der Waals surface area contributed by atoms with Crippen molar-refractivity contribution in [2.75, 3.05) is 0 Å². The predicted octanol–water partition coefficient (Wildman–Crippen LogP) is 3.68. The summed E-state index contributed by atoms with van der Waals surface area (Å²) in [6, 6.07) is 12.8. The molecule has 1 aliphatic carbocycles. The highest BCUT2D eigenvalue weighted by Crippen LogP contribution is 2.28. The second-order valence-corrected chi connectivity index (χ2v) is 6.84. The maximum atomic E-state index is 12.5. The molecule has 0 amide bonds. The topological polar surface area (TPSA) is 34.9 Å². The van der Waals surface area contributed by atoms with E-state index < -0.39 is 0 Å². The van der Waals surface area contributed by atoms with Crippen LogP contribution in [-0.2, 0) is 25.8 Å². The lowest BCUT2D eigenvalue weighted by atomic mass is 9.99. The van der Waals surface area contributed by atoms with Crippen LogP contribution in [0, 0.1) is 12.8 Å². The van der Waals surface area contributed by atoms with Gasteiger partial charge in [0.05, 0.1) is 5.52 Å². The van der Waals surface area contributed by atoms with Crippen LogP contribution < -0.4 is 5.43 Å². The van der Waals surface area contributed by atoms with E-state index in [2.05, 4.69) is 47.9 Å². The van der Waals surface area contributed by atoms with Crippen LogP contribution in [0.4, 0.5) is 0 Å². The Labute approximate surface area is 142 Å². The van der Waals surface area contributed by atoms with Crippen molar-refractivity contribution >= 4 is 11.0 Å². The minimum absolute atomic E-state index is 0.0614. The molecular weight excluding hydrogens is 296 g/mol. The normalized spacial score (nSPS) is 14.2. The van der Waals surface area contributed by atoms with Crippen LogP contribution in [0.1, 0.15) is 29.3 Å². The highest BCUT2D eigenvalue weighted by Gasteiger charge is 2.21. The number of aryl methyl sites for hydroxylation is 2. The van der Waals surface area contributed by atoms with Gasteiger partial charge in [-0.05, 0) is 62.3 Å². The number of pyridine rings is 2. The van der Waals surface area contributed by atoms with Crippen molar-refractivity contribution < 1.29 is 0 Å². The van der Waals surface area contributed by atoms with Gasteiger partial charge in [0.2, 0.25) is 5.43 Å². The molecule has 3 nitrogen and oxygen atoms in total. The zero-order chi connectivity index (χ0) is 16.7. The van der Waals surface area contributed by atoms with Gasteiger partial charge in [0.1, 0.15) is 5.52 Å². The van der Waals surface area contributed by atoms with Gasteiger partial charge in [-0.1, -0.05) is 24.3 Å². The maximum Gasteiger partial charge on any atom is 0.210 e. The zero-order valence-electron chi connectivity index (χ0n) is 14.2. The quantitative estimate of drug-likeness (QED) is 0.738. The third-order valence-corrected chi connectivity index (χ3v) is 5.14. The van der Waals surface area contributed by atoms with Gasteiger partial charge in [-0.2, -0.15) is 0 Å². The molecule has 0 saturated heterocycles. The molecule has 24 heavy (non-hydrogen) atoms. The van der Waals surface area contributed by atoms with Crippen LogP contribution in [0.15, 0.2) is 47.4 Å². The first-order valence-electron chi connectivity index (χ1n) is 8.72. The molecule has 0 spiro atoms. The standard InChI is InChI=1S/C21H22N2O/c1-3-23-13-14(2)21(24)20-19(23)9-8-18(22-20)12-15-10-16-6-4-5-7-17(16)11-15/h4-9,13,15H,3,10-12H2,1-2H3. The fraction of sp³-hybridized carbons (Fsp3) is 0.333. The number of hydrogen-bond donors (Lipinski definition) is 0. The SMILES string of the molecule is CCn1cc(C)c(=O)c2nc(CC3Cc4ccccc4C3)ccc21. The van der Waals surface area contributed by atoms with Gasteiger partial charge in [0, 0.05) is 24.0 Å². The summed E-state index contributed by atoms with van der Waals surface area (Å²) in [5.74, 6) is 0.588. The molecule has 0 atom stereocenters. The van der Waals surface area contributed by atoms with Crippen molar-refractivity contribution in [3.8, 4) is 0 Å². The highest BCUT2D eigenvalue weighted by molar-refractivity contribution is 5.75. The van der Waals surface area contributed by atoms with Crippen molar-refractivity contribution in [1.82, 2.24) is 9.55 Å². The van der Waals surface area contributed by atoms with E-state index in [1.807, 2.05) is 13.1 Å². The van der Waals surface area contributed by atoms with Gasteiger partial charge in [-0.3, -0.25) is 4.79 Å². The monoisotopic (exact) mass is 318 g/mol. The summed E-state index contributed by atoms with van der Waals surface area (Å²) in [7, 11) is 0. The lowest BCUT2D eigenvalue weighted by molar-refractivity contribution is 0.552. The van der Waals surface area contributed by atoms with E-state index in [0.29, 0.717) is 11.4 Å². The fourth-order valence-corrected chi connectivity index (χ4v) is 3.91. The summed E-state index contributed by atoms with van der Waals surface area (Å²) >= 11 is 0. The second-order valence-electron chi connectivity index (χ2n) is 6.84. The number of fused-ring (bicyclic) bond motifs is 2. The Kier molecular flexibility index (Phi) is 3.72. The van der Waals surface area contributed by atoms with Gasteiger partial charge < -0.3 is 4.57 Å². The number of rotatable bonds is 3. The second kappa shape index (κ2) is 5.90. The molecule has 0 unspecified atom stereocenters. The summed E-state index contributed by atoms with van der Waals surface area (Å²) in [5, 5.41) is 0. The van der Waals surface area contributed by atoms with Crippen molar-refractivity contribution in [1.29, 1.82) is 0 Å². The Bertz CT molecular complexity index is 946. The third kappa shape index (κ3) is 2.54. The first-order valence-corrected chi connectivity index (χ1v) is 8.72. The van der Waals surface area contributed by atoms with Gasteiger partial charge in [0.25, 0.3) is 0 Å². The van der Waals surface area contributed by atoms with Gasteiger partial charge in [-0.15, -0.1) is 0 Å². The molecule has 0 N–H and O–H groups in total. The minimum atomic E-state index is 0.0614. The van der Waals surface area contributed by atoms with E-state index in [-0.39, 0.29) is 5.43 Å². The van der Waals surface area contributed by atoms with Crippen LogP contribution >= 0.6 is 0 Å². The molecule has 3 heteroatoms. The van der Waals surface area contributed by atoms with E-state index in [1.54, 1.807) is 0 Å². The molecule has 0 aliphatic heterocycles. The number of aromatic nitrogens is 2. The van der Waals surface area contributed by atoms with Crippen molar-refractivity contribution in [3.63, 3.8) is 0 Å². The molecule has 2 aromatic heterocycles. The Morgan fingerprint density at radius 3 is 2.50 bits per heavy atom. The Morgan fingerprint density at radius 2 is 1.83 bits per heavy atom. The Morgan fingerprint density at radius 1 is 1.12 bits per heavy atom. The van der Waals surface area contributed by atoms with Crippen molar-refractivity contribution in [3.05, 3.63) is 75.2 Å². The first-order chi connectivity index (χ1) is 11.7. The molecule has 3 aromatic rings. The Balaban J connectivity index is 1.67. The summed E-state index contributed by atoms with van der Waals surface area (Å²) < 4.78 is 2.11. The summed E-state index contributed by atoms with van der Waals surface area (Å²) in [5.41, 5.74) is 6.34. The minimum Gasteiger partial charge on any atom is -0.346 e. The van der Waals surface area contributed by atoms with Crippen LogP contribution in [0.25, 0.3) is 11.0 Å². The molecule has 0 fully saturated rings. The molecule has 1 aliphatic rings. The molecule has 122 valence electrons. The van der Waals surface area contributed by atoms with E-state index in [9.17, 15) is 4.79 Å². The third-order valence-electron chi connectivity index (χ3n) is 5.14. The van der Waals surface area contributed by atoms with Crippen molar-refractivity contribution in [2.24, 2.45) is 5.92 Å². The smallest absolute Gasteiger partial charge is 0.210 e. The number of nitrogens with zero attached hydrogens (tertiary/aromatic N) is 2. The molecular formula is C21H22N2O. The fourth-order valence-electron chi connectivity index (χ4n) is 3.91. The van der Waals surface area contributed by atoms with Gasteiger partial charge in [0.15, 0.2) is 0 Å². The summed E-state index contributed by atoms with van der Waals surface area (Å²) in [6.07, 6.45) is 5.09. The largest absolute Gasteiger partial charge is 0.346 e. The molecule has 2 heterocycles. The summed E-state index contributed by atoms with van der Waals surface area (Å²) in [6.45, 7) is 4.81. The number of hydrogen-bond acceptors (Lipinski definition) is 2. The Hall–Kier alpha value is -2.42. The predicted molar refractivity (Wildman–Crippen MR) is 97.5 cm³/mol. The average molecular weight is 318 g/mol. The summed E-state index contributed by atoms with van der Waals surface area (Å²) in [4.78, 5) is 17.2. The maximum absolute atomic E-state index is 12.5. The molecule has 1 aromatic carbocycles. The van der Waals surface area contributed by atoms with Gasteiger partial charge in [-0.25, -0.2) is 4.98 Å². The number of benzene rings is 1. The highest BCUT2D eigenvalue weighted by atomic mass is 16.1. The molecule has 0 bridgehead atoms. The zero-order valence-corrected chi connectivity index (χ0v) is 14.2. The van der Waals surface area contributed by atoms with E-state index in [0.717, 1.165) is 42.6 Å². The van der Waals surface area contributed by atoms with Crippen molar-refractivity contribution in [2.45, 2.75) is 39.7 Å². The van der Waals surface area contributed by atoms with Crippen LogP contribution in [0.3, 0.4) is 0 Å². The van der Waals surface area contributed by atoms with Crippen LogP contribution in [0.5, 0.6) is 0 Å². The lowest BCUT2D eigenvalue weighted by Gasteiger charge is -2.12. The van der Waals surface area contributed by atoms with E-state index >= 15 is 0 Å². The van der Waals surface area contributed by atoms with E-state index in [1.165, 1.54) is 11.1 Å². The first kappa shape index (κ1) is 15.1. The molecule has 0 radical (unpaired) electrons. The lowest BCUT2D eigenvalue weighted by Crippen LogP contribution is -2.15. The molecule has 4 rings (SSSR count). The van der Waals surface area contributed by atoms with Crippen LogP contribution in [0.2, 0.25) is 0 Å².